The number of carbonyl (C=O) groups is 1. The zero-order valence-corrected chi connectivity index (χ0v) is 12.7. The van der Waals surface area contributed by atoms with Gasteiger partial charge in [-0.25, -0.2) is 0 Å². The summed E-state index contributed by atoms with van der Waals surface area (Å²) in [7, 11) is 0. The Kier molecular flexibility index (Phi) is 3.78. The van der Waals surface area contributed by atoms with Crippen LogP contribution in [0.25, 0.3) is 11.3 Å². The van der Waals surface area contributed by atoms with E-state index in [2.05, 4.69) is 10.3 Å². The normalized spacial score (nSPS) is 16.3. The first-order valence-electron chi connectivity index (χ1n) is 7.08. The van der Waals surface area contributed by atoms with Gasteiger partial charge in [-0.2, -0.15) is 11.3 Å². The number of thiophene rings is 1. The third-order valence-corrected chi connectivity index (χ3v) is 4.69. The third-order valence-electron chi connectivity index (χ3n) is 4.01. The molecule has 0 bridgehead atoms. The van der Waals surface area contributed by atoms with Crippen LogP contribution in [-0.2, 0) is 0 Å². The summed E-state index contributed by atoms with van der Waals surface area (Å²) in [5.41, 5.74) is 2.52. The fourth-order valence-electron chi connectivity index (χ4n) is 2.47. The van der Waals surface area contributed by atoms with Gasteiger partial charge in [0.25, 0.3) is 5.91 Å². The summed E-state index contributed by atoms with van der Waals surface area (Å²) in [6.07, 6.45) is 2.56. The van der Waals surface area contributed by atoms with E-state index in [-0.39, 0.29) is 5.91 Å². The number of carbonyl (C=O) groups excluding carboxylic acids is 1. The molecular formula is C16H18N2O2S. The van der Waals surface area contributed by atoms with Crippen LogP contribution in [0.4, 0.5) is 0 Å². The Hall–Kier alpha value is -1.72. The zero-order chi connectivity index (χ0) is 14.9. The van der Waals surface area contributed by atoms with E-state index in [0.717, 1.165) is 30.5 Å². The molecule has 2 aromatic rings. The molecular weight excluding hydrogens is 284 g/mol. The van der Waals surface area contributed by atoms with Crippen LogP contribution in [0.15, 0.2) is 29.0 Å². The second kappa shape index (κ2) is 5.58. The second-order valence-corrected chi connectivity index (χ2v) is 6.38. The monoisotopic (exact) mass is 302 g/mol. The van der Waals surface area contributed by atoms with E-state index >= 15 is 0 Å². The van der Waals surface area contributed by atoms with Crippen LogP contribution in [0.3, 0.4) is 0 Å². The third kappa shape index (κ3) is 2.99. The van der Waals surface area contributed by atoms with Gasteiger partial charge in [0.2, 0.25) is 0 Å². The van der Waals surface area contributed by atoms with Crippen molar-refractivity contribution < 1.29 is 9.90 Å². The van der Waals surface area contributed by atoms with Crippen LogP contribution in [0, 0.1) is 6.92 Å². The summed E-state index contributed by atoms with van der Waals surface area (Å²) in [6, 6.07) is 5.68. The molecule has 1 aliphatic carbocycles. The first kappa shape index (κ1) is 14.2. The second-order valence-electron chi connectivity index (χ2n) is 5.60. The zero-order valence-electron chi connectivity index (χ0n) is 11.9. The molecule has 21 heavy (non-hydrogen) atoms. The minimum Gasteiger partial charge on any atom is -0.388 e. The molecule has 110 valence electrons. The largest absolute Gasteiger partial charge is 0.388 e. The van der Waals surface area contributed by atoms with Crippen molar-refractivity contribution in [3.8, 4) is 11.3 Å². The molecule has 3 rings (SSSR count). The molecule has 0 atom stereocenters. The first-order chi connectivity index (χ1) is 10.1. The summed E-state index contributed by atoms with van der Waals surface area (Å²) in [5, 5.41) is 16.9. The molecule has 1 saturated carbocycles. The molecule has 0 aromatic carbocycles. The summed E-state index contributed by atoms with van der Waals surface area (Å²) < 4.78 is 0. The van der Waals surface area contributed by atoms with Crippen molar-refractivity contribution in [2.45, 2.75) is 31.8 Å². The lowest BCUT2D eigenvalue weighted by Crippen LogP contribution is -2.47. The van der Waals surface area contributed by atoms with Crippen molar-refractivity contribution in [3.05, 3.63) is 40.2 Å². The van der Waals surface area contributed by atoms with Crippen molar-refractivity contribution in [1.82, 2.24) is 10.3 Å². The van der Waals surface area contributed by atoms with Gasteiger partial charge in [-0.3, -0.25) is 9.78 Å². The number of pyridine rings is 1. The Morgan fingerprint density at radius 3 is 2.81 bits per heavy atom. The number of aryl methyl sites for hydroxylation is 1. The minimum absolute atomic E-state index is 0.169. The van der Waals surface area contributed by atoms with E-state index in [1.807, 2.05) is 29.8 Å². The fourth-order valence-corrected chi connectivity index (χ4v) is 3.12. The van der Waals surface area contributed by atoms with Gasteiger partial charge >= 0.3 is 0 Å². The van der Waals surface area contributed by atoms with Gasteiger partial charge in [0.15, 0.2) is 0 Å². The van der Waals surface area contributed by atoms with Gasteiger partial charge < -0.3 is 10.4 Å². The number of amides is 1. The molecule has 2 N–H and O–H groups in total. The van der Waals surface area contributed by atoms with Crippen LogP contribution in [0.5, 0.6) is 0 Å². The summed E-state index contributed by atoms with van der Waals surface area (Å²) in [6.45, 7) is 2.15. The molecule has 2 aromatic heterocycles. The van der Waals surface area contributed by atoms with Crippen molar-refractivity contribution in [2.24, 2.45) is 0 Å². The number of aliphatic hydroxyl groups is 1. The Morgan fingerprint density at radius 2 is 2.24 bits per heavy atom. The summed E-state index contributed by atoms with van der Waals surface area (Å²) in [5.74, 6) is -0.169. The summed E-state index contributed by atoms with van der Waals surface area (Å²) >= 11 is 1.62. The SMILES string of the molecule is Cc1nc(-c2ccsc2)ccc1C(=O)NCC1(O)CCC1. The lowest BCUT2D eigenvalue weighted by molar-refractivity contribution is -0.0300. The maximum atomic E-state index is 12.2. The Labute approximate surface area is 127 Å². The predicted octanol–water partition coefficient (Wildman–Crippen LogP) is 2.76. The minimum atomic E-state index is -0.701. The molecule has 4 nitrogen and oxygen atoms in total. The highest BCUT2D eigenvalue weighted by Crippen LogP contribution is 2.30. The van der Waals surface area contributed by atoms with E-state index < -0.39 is 5.60 Å². The molecule has 1 aliphatic rings. The highest BCUT2D eigenvalue weighted by atomic mass is 32.1. The van der Waals surface area contributed by atoms with E-state index in [4.69, 9.17) is 0 Å². The number of rotatable bonds is 4. The average molecular weight is 302 g/mol. The van der Waals surface area contributed by atoms with Crippen LogP contribution < -0.4 is 5.32 Å². The van der Waals surface area contributed by atoms with Crippen molar-refractivity contribution in [1.29, 1.82) is 0 Å². The Bertz CT molecular complexity index is 648. The van der Waals surface area contributed by atoms with Crippen LogP contribution in [-0.4, -0.2) is 28.1 Å². The molecule has 0 saturated heterocycles. The van der Waals surface area contributed by atoms with Crippen LogP contribution in [0.1, 0.15) is 35.3 Å². The number of hydrogen-bond donors (Lipinski definition) is 2. The Balaban J connectivity index is 1.71. The van der Waals surface area contributed by atoms with Gasteiger partial charge in [-0.15, -0.1) is 0 Å². The number of hydrogen-bond acceptors (Lipinski definition) is 4. The number of aromatic nitrogens is 1. The smallest absolute Gasteiger partial charge is 0.253 e. The van der Waals surface area contributed by atoms with Gasteiger partial charge in [0, 0.05) is 17.5 Å². The molecule has 1 amide bonds. The Morgan fingerprint density at radius 1 is 1.43 bits per heavy atom. The standard InChI is InChI=1S/C16H18N2O2S/c1-11-13(15(19)17-10-16(20)6-2-7-16)3-4-14(18-11)12-5-8-21-9-12/h3-5,8-9,20H,2,6-7,10H2,1H3,(H,17,19). The van der Waals surface area contributed by atoms with Crippen LogP contribution in [0.2, 0.25) is 0 Å². The first-order valence-corrected chi connectivity index (χ1v) is 8.02. The van der Waals surface area contributed by atoms with E-state index in [0.29, 0.717) is 17.8 Å². The molecule has 5 heteroatoms. The van der Waals surface area contributed by atoms with Crippen molar-refractivity contribution in [2.75, 3.05) is 6.54 Å². The van der Waals surface area contributed by atoms with E-state index in [1.165, 1.54) is 0 Å². The molecule has 0 radical (unpaired) electrons. The summed E-state index contributed by atoms with van der Waals surface area (Å²) in [4.78, 5) is 16.7. The van der Waals surface area contributed by atoms with Crippen LogP contribution >= 0.6 is 11.3 Å². The maximum absolute atomic E-state index is 12.2. The van der Waals surface area contributed by atoms with Gasteiger partial charge in [-0.1, -0.05) is 0 Å². The number of nitrogens with zero attached hydrogens (tertiary/aromatic N) is 1. The van der Waals surface area contributed by atoms with Gasteiger partial charge in [0.1, 0.15) is 0 Å². The molecule has 0 spiro atoms. The molecule has 1 fully saturated rings. The number of nitrogens with one attached hydrogen (secondary N) is 1. The lowest BCUT2D eigenvalue weighted by Gasteiger charge is -2.36. The topological polar surface area (TPSA) is 62.2 Å². The van der Waals surface area contributed by atoms with E-state index in [1.54, 1.807) is 17.4 Å². The lowest BCUT2D eigenvalue weighted by atomic mass is 9.80. The average Bonchev–Trinajstić information content (AvgIpc) is 2.96. The molecule has 0 unspecified atom stereocenters. The maximum Gasteiger partial charge on any atom is 0.253 e. The molecule has 0 aliphatic heterocycles. The van der Waals surface area contributed by atoms with Crippen molar-refractivity contribution >= 4 is 17.2 Å². The van der Waals surface area contributed by atoms with Gasteiger partial charge in [-0.05, 0) is 49.8 Å². The van der Waals surface area contributed by atoms with Crippen molar-refractivity contribution in [3.63, 3.8) is 0 Å². The predicted molar refractivity (Wildman–Crippen MR) is 83.4 cm³/mol. The van der Waals surface area contributed by atoms with Gasteiger partial charge in [0.05, 0.1) is 22.6 Å². The highest BCUT2D eigenvalue weighted by Gasteiger charge is 2.34. The fraction of sp³-hybridized carbons (Fsp3) is 0.375. The highest BCUT2D eigenvalue weighted by molar-refractivity contribution is 7.08. The quantitative estimate of drug-likeness (QED) is 0.913. The van der Waals surface area contributed by atoms with E-state index in [9.17, 15) is 9.90 Å². The molecule has 2 heterocycles.